The molecule has 228 valence electrons. The molecule has 1 N–H and O–H groups in total. The number of unbranched alkanes of at least 4 members (excludes halogenated alkanes) is 26. The van der Waals surface area contributed by atoms with Gasteiger partial charge in [0.15, 0.2) is 0 Å². The monoisotopic (exact) mass is 535 g/mol. The second kappa shape index (κ2) is 29.9. The number of hydrogen-bond acceptors (Lipinski definition) is 2. The van der Waals surface area contributed by atoms with Gasteiger partial charge in [0, 0.05) is 25.7 Å². The van der Waals surface area contributed by atoms with Crippen LogP contribution < -0.4 is 5.32 Å². The van der Waals surface area contributed by atoms with Crippen LogP contribution in [0.3, 0.4) is 0 Å². The fourth-order valence-electron chi connectivity index (χ4n) is 6.47. The molecule has 0 aromatic heterocycles. The average Bonchev–Trinajstić information content (AvgIpc) is 2.94. The normalized spacial score (nSPS) is 16.4. The van der Waals surface area contributed by atoms with E-state index in [1.54, 1.807) is 0 Å². The Morgan fingerprint density at radius 2 is 0.789 bits per heavy atom. The van der Waals surface area contributed by atoms with Crippen molar-refractivity contribution in [3.63, 3.8) is 0 Å². The molecule has 1 aliphatic heterocycles. The van der Waals surface area contributed by atoms with Crippen LogP contribution in [0, 0.1) is 0 Å². The predicted octanol–water partition coefficient (Wildman–Crippen LogP) is 11.6. The Morgan fingerprint density at radius 3 is 1.18 bits per heavy atom. The molecule has 0 aliphatic carbocycles. The van der Waals surface area contributed by atoms with E-state index >= 15 is 0 Å². The van der Waals surface area contributed by atoms with E-state index in [1.807, 2.05) is 0 Å². The van der Waals surface area contributed by atoms with Crippen molar-refractivity contribution >= 4 is 0 Å². The van der Waals surface area contributed by atoms with Crippen LogP contribution in [0.25, 0.3) is 0 Å². The predicted molar refractivity (Wildman–Crippen MR) is 173 cm³/mol. The van der Waals surface area contributed by atoms with Crippen molar-refractivity contribution in [2.45, 2.75) is 206 Å². The minimum absolute atomic E-state index is 0.808. The summed E-state index contributed by atoms with van der Waals surface area (Å²) < 4.78 is 0. The van der Waals surface area contributed by atoms with Crippen LogP contribution in [-0.4, -0.2) is 37.1 Å². The lowest BCUT2D eigenvalue weighted by Gasteiger charge is -2.36. The second-order valence-corrected chi connectivity index (χ2v) is 12.9. The van der Waals surface area contributed by atoms with Gasteiger partial charge in [0.05, 0.1) is 0 Å². The van der Waals surface area contributed by atoms with Gasteiger partial charge in [0.25, 0.3) is 0 Å². The Kier molecular flexibility index (Phi) is 28.3. The zero-order chi connectivity index (χ0) is 27.2. The molecule has 0 amide bonds. The summed E-state index contributed by atoms with van der Waals surface area (Å²) in [6.07, 6.45) is 42.3. The van der Waals surface area contributed by atoms with Gasteiger partial charge in [0.1, 0.15) is 0 Å². The molecule has 38 heavy (non-hydrogen) atoms. The minimum atomic E-state index is 0.808. The Hall–Kier alpha value is -0.0800. The zero-order valence-corrected chi connectivity index (χ0v) is 26.9. The van der Waals surface area contributed by atoms with Gasteiger partial charge >= 0.3 is 0 Å². The Labute approximate surface area is 242 Å². The lowest BCUT2D eigenvalue weighted by Crippen LogP contribution is -2.51. The SMILES string of the molecule is CCCCCCCCCCCCCCCCC1CNCCN1CCCCCCCCCCCCCCCC. The molecule has 1 atom stereocenters. The highest BCUT2D eigenvalue weighted by atomic mass is 15.2. The van der Waals surface area contributed by atoms with E-state index in [-0.39, 0.29) is 0 Å². The standard InChI is InChI=1S/C36H74N2/c1-3-5-7-9-11-13-15-17-19-21-23-25-27-29-31-36-35-37-32-34-38(36)33-30-28-26-24-22-20-18-16-14-12-10-8-6-4-2/h36-37H,3-35H2,1-2H3. The van der Waals surface area contributed by atoms with Gasteiger partial charge in [0.2, 0.25) is 0 Å². The lowest BCUT2D eigenvalue weighted by molar-refractivity contribution is 0.147. The van der Waals surface area contributed by atoms with Crippen molar-refractivity contribution in [1.29, 1.82) is 0 Å². The summed E-state index contributed by atoms with van der Waals surface area (Å²) in [7, 11) is 0. The van der Waals surface area contributed by atoms with E-state index in [0.717, 1.165) is 6.04 Å². The van der Waals surface area contributed by atoms with Gasteiger partial charge < -0.3 is 5.32 Å². The Balaban J connectivity index is 1.86. The maximum atomic E-state index is 3.67. The molecule has 0 aromatic rings. The third-order valence-electron chi connectivity index (χ3n) is 9.16. The summed E-state index contributed by atoms with van der Waals surface area (Å²) >= 11 is 0. The molecule has 0 saturated carbocycles. The second-order valence-electron chi connectivity index (χ2n) is 12.9. The molecule has 1 aliphatic rings. The van der Waals surface area contributed by atoms with E-state index in [9.17, 15) is 0 Å². The van der Waals surface area contributed by atoms with Crippen LogP contribution in [0.2, 0.25) is 0 Å². The van der Waals surface area contributed by atoms with Gasteiger partial charge in [-0.2, -0.15) is 0 Å². The molecular formula is C36H74N2. The van der Waals surface area contributed by atoms with Crippen LogP contribution in [0.4, 0.5) is 0 Å². The van der Waals surface area contributed by atoms with Gasteiger partial charge in [-0.05, 0) is 19.4 Å². The van der Waals surface area contributed by atoms with E-state index in [1.165, 1.54) is 212 Å². The Bertz CT molecular complexity index is 397. The summed E-state index contributed by atoms with van der Waals surface area (Å²) in [5, 5.41) is 3.67. The third-order valence-corrected chi connectivity index (χ3v) is 9.16. The van der Waals surface area contributed by atoms with Gasteiger partial charge in [-0.1, -0.05) is 187 Å². The number of rotatable bonds is 30. The molecular weight excluding hydrogens is 460 g/mol. The van der Waals surface area contributed by atoms with Crippen molar-refractivity contribution in [3.8, 4) is 0 Å². The van der Waals surface area contributed by atoms with Crippen LogP contribution in [0.1, 0.15) is 200 Å². The third kappa shape index (κ3) is 23.8. The molecule has 0 bridgehead atoms. The number of piperazine rings is 1. The highest BCUT2D eigenvalue weighted by Gasteiger charge is 2.20. The summed E-state index contributed by atoms with van der Waals surface area (Å²) in [6.45, 7) is 9.68. The molecule has 2 nitrogen and oxygen atoms in total. The molecule has 0 aromatic carbocycles. The molecule has 1 rings (SSSR count). The fraction of sp³-hybridized carbons (Fsp3) is 1.00. The molecule has 2 heteroatoms. The summed E-state index contributed by atoms with van der Waals surface area (Å²) in [4.78, 5) is 2.83. The van der Waals surface area contributed by atoms with E-state index in [4.69, 9.17) is 0 Å². The summed E-state index contributed by atoms with van der Waals surface area (Å²) in [6, 6.07) is 0.808. The van der Waals surface area contributed by atoms with Crippen molar-refractivity contribution in [2.75, 3.05) is 26.2 Å². The largest absolute Gasteiger partial charge is 0.314 e. The molecule has 0 spiro atoms. The molecule has 1 fully saturated rings. The van der Waals surface area contributed by atoms with Crippen LogP contribution >= 0.6 is 0 Å². The van der Waals surface area contributed by atoms with Gasteiger partial charge in [-0.25, -0.2) is 0 Å². The molecule has 1 heterocycles. The topological polar surface area (TPSA) is 15.3 Å². The van der Waals surface area contributed by atoms with Gasteiger partial charge in [-0.15, -0.1) is 0 Å². The van der Waals surface area contributed by atoms with E-state index < -0.39 is 0 Å². The molecule has 0 radical (unpaired) electrons. The smallest absolute Gasteiger partial charge is 0.0221 e. The molecule has 1 unspecified atom stereocenters. The average molecular weight is 535 g/mol. The van der Waals surface area contributed by atoms with Gasteiger partial charge in [-0.3, -0.25) is 4.90 Å². The van der Waals surface area contributed by atoms with Crippen molar-refractivity contribution in [2.24, 2.45) is 0 Å². The van der Waals surface area contributed by atoms with E-state index in [2.05, 4.69) is 24.1 Å². The number of hydrogen-bond donors (Lipinski definition) is 1. The first kappa shape index (κ1) is 35.9. The highest BCUT2D eigenvalue weighted by molar-refractivity contribution is 4.79. The minimum Gasteiger partial charge on any atom is -0.314 e. The van der Waals surface area contributed by atoms with Crippen LogP contribution in [0.5, 0.6) is 0 Å². The number of nitrogens with one attached hydrogen (secondary N) is 1. The number of nitrogens with zero attached hydrogens (tertiary/aromatic N) is 1. The molecule has 1 saturated heterocycles. The van der Waals surface area contributed by atoms with Crippen LogP contribution in [0.15, 0.2) is 0 Å². The Morgan fingerprint density at radius 1 is 0.447 bits per heavy atom. The highest BCUT2D eigenvalue weighted by Crippen LogP contribution is 2.17. The van der Waals surface area contributed by atoms with Crippen LogP contribution in [-0.2, 0) is 0 Å². The fourth-order valence-corrected chi connectivity index (χ4v) is 6.47. The van der Waals surface area contributed by atoms with Crippen molar-refractivity contribution in [1.82, 2.24) is 10.2 Å². The zero-order valence-electron chi connectivity index (χ0n) is 26.9. The first-order valence-corrected chi connectivity index (χ1v) is 18.3. The van der Waals surface area contributed by atoms with Crippen molar-refractivity contribution in [3.05, 3.63) is 0 Å². The maximum Gasteiger partial charge on any atom is 0.0221 e. The lowest BCUT2D eigenvalue weighted by atomic mass is 10.0. The maximum absolute atomic E-state index is 3.67. The van der Waals surface area contributed by atoms with E-state index in [0.29, 0.717) is 0 Å². The van der Waals surface area contributed by atoms with Crippen molar-refractivity contribution < 1.29 is 0 Å². The summed E-state index contributed by atoms with van der Waals surface area (Å²) in [5.41, 5.74) is 0. The first-order chi connectivity index (χ1) is 18.9. The summed E-state index contributed by atoms with van der Waals surface area (Å²) in [5.74, 6) is 0. The quantitative estimate of drug-likeness (QED) is 0.0921. The first-order valence-electron chi connectivity index (χ1n) is 18.3.